The lowest BCUT2D eigenvalue weighted by molar-refractivity contribution is -0.149. The smallest absolute Gasteiger partial charge is 0.333 e. The second-order valence-electron chi connectivity index (χ2n) is 14.4. The van der Waals surface area contributed by atoms with Crippen LogP contribution in [-0.4, -0.2) is 95.9 Å². The molecule has 3 amide bonds. The topological polar surface area (TPSA) is 147 Å². The highest BCUT2D eigenvalue weighted by molar-refractivity contribution is 7.09. The fourth-order valence-electron chi connectivity index (χ4n) is 6.63. The van der Waals surface area contributed by atoms with E-state index in [-0.39, 0.29) is 54.5 Å². The van der Waals surface area contributed by atoms with Gasteiger partial charge in [0.2, 0.25) is 11.8 Å². The van der Waals surface area contributed by atoms with Gasteiger partial charge in [0, 0.05) is 37.4 Å². The lowest BCUT2D eigenvalue weighted by Crippen LogP contribution is -2.58. The lowest BCUT2D eigenvalue weighted by atomic mass is 9.92. The number of piperidine rings is 1. The summed E-state index contributed by atoms with van der Waals surface area (Å²) in [6.45, 7) is 13.7. The van der Waals surface area contributed by atoms with Crippen molar-refractivity contribution in [1.82, 2.24) is 25.4 Å². The summed E-state index contributed by atoms with van der Waals surface area (Å²) in [7, 11) is 3.67. The molecule has 1 saturated heterocycles. The van der Waals surface area contributed by atoms with Crippen LogP contribution in [0.3, 0.4) is 0 Å². The van der Waals surface area contributed by atoms with E-state index in [1.165, 1.54) is 18.3 Å². The first-order chi connectivity index (χ1) is 25.2. The Hall–Kier alpha value is -4.10. The molecule has 1 aliphatic rings. The molecule has 2 N–H and O–H groups in total. The number of amides is 3. The Kier molecular flexibility index (Phi) is 17.1. The summed E-state index contributed by atoms with van der Waals surface area (Å²) in [4.78, 5) is 74.3. The van der Waals surface area contributed by atoms with E-state index in [0.29, 0.717) is 23.4 Å². The van der Waals surface area contributed by atoms with E-state index in [1.807, 2.05) is 65.1 Å². The molecule has 0 saturated carbocycles. The first-order valence-corrected chi connectivity index (χ1v) is 19.6. The third-order valence-electron chi connectivity index (χ3n) is 9.92. The van der Waals surface area contributed by atoms with Crippen LogP contribution in [0.1, 0.15) is 108 Å². The number of carbonyl (C=O) groups excluding carboxylic acids is 5. The van der Waals surface area contributed by atoms with Crippen LogP contribution in [0.25, 0.3) is 0 Å². The van der Waals surface area contributed by atoms with Gasteiger partial charge in [0.25, 0.3) is 5.91 Å². The van der Waals surface area contributed by atoms with Crippen LogP contribution >= 0.6 is 11.3 Å². The van der Waals surface area contributed by atoms with Gasteiger partial charge in [-0.15, -0.1) is 11.3 Å². The average Bonchev–Trinajstić information content (AvgIpc) is 3.62. The van der Waals surface area contributed by atoms with E-state index in [0.717, 1.165) is 31.4 Å². The number of esters is 2. The molecule has 1 aliphatic heterocycles. The number of hydrogen-bond acceptors (Lipinski definition) is 10. The number of likely N-dealkylation sites (N-methyl/N-ethyl adjacent to an activating group) is 2. The Balaban J connectivity index is 1.83. The van der Waals surface area contributed by atoms with Crippen molar-refractivity contribution in [2.75, 3.05) is 27.2 Å². The molecule has 12 nitrogen and oxygen atoms in total. The first-order valence-electron chi connectivity index (χ1n) is 18.8. The number of nitrogens with one attached hydrogen (secondary N) is 2. The Morgan fingerprint density at radius 1 is 1.06 bits per heavy atom. The molecule has 0 spiro atoms. The van der Waals surface area contributed by atoms with Crippen LogP contribution in [0, 0.1) is 11.8 Å². The molecule has 2 heterocycles. The summed E-state index contributed by atoms with van der Waals surface area (Å²) < 4.78 is 10.9. The van der Waals surface area contributed by atoms with Crippen LogP contribution in [0.5, 0.6) is 0 Å². The van der Waals surface area contributed by atoms with Gasteiger partial charge in [0.15, 0.2) is 6.10 Å². The Morgan fingerprint density at radius 2 is 1.75 bits per heavy atom. The predicted molar refractivity (Wildman–Crippen MR) is 206 cm³/mol. The van der Waals surface area contributed by atoms with E-state index in [1.54, 1.807) is 37.3 Å². The van der Waals surface area contributed by atoms with Gasteiger partial charge in [-0.05, 0) is 64.1 Å². The number of aromatic nitrogens is 1. The summed E-state index contributed by atoms with van der Waals surface area (Å²) in [5.41, 5.74) is 1.48. The summed E-state index contributed by atoms with van der Waals surface area (Å²) in [5.74, 6) is -1.93. The van der Waals surface area contributed by atoms with Crippen LogP contribution < -0.4 is 10.6 Å². The average molecular weight is 754 g/mol. The number of carbonyl (C=O) groups is 5. The summed E-state index contributed by atoms with van der Waals surface area (Å²) in [6, 6.07) is 7.69. The first kappa shape index (κ1) is 43.3. The van der Waals surface area contributed by atoms with Gasteiger partial charge in [0.1, 0.15) is 16.7 Å². The van der Waals surface area contributed by atoms with E-state index >= 15 is 0 Å². The summed E-state index contributed by atoms with van der Waals surface area (Å²) in [6.07, 6.45) is 4.98. The number of nitrogens with zero attached hydrogens (tertiary/aromatic N) is 3. The Bertz CT molecular complexity index is 1560. The highest BCUT2D eigenvalue weighted by Crippen LogP contribution is 2.31. The predicted octanol–water partition coefficient (Wildman–Crippen LogP) is 5.49. The maximum Gasteiger partial charge on any atom is 0.333 e. The van der Waals surface area contributed by atoms with Crippen LogP contribution in [-0.2, 0) is 35.1 Å². The molecule has 292 valence electrons. The lowest BCUT2D eigenvalue weighted by Gasteiger charge is -2.38. The number of ether oxygens (including phenoxy) is 2. The van der Waals surface area contributed by atoms with Gasteiger partial charge in [-0.2, -0.15) is 0 Å². The van der Waals surface area contributed by atoms with Gasteiger partial charge >= 0.3 is 11.9 Å². The molecular weight excluding hydrogens is 695 g/mol. The van der Waals surface area contributed by atoms with Gasteiger partial charge in [0.05, 0.1) is 18.7 Å². The fourth-order valence-corrected chi connectivity index (χ4v) is 7.47. The number of rotatable bonds is 18. The van der Waals surface area contributed by atoms with Crippen molar-refractivity contribution in [3.8, 4) is 0 Å². The van der Waals surface area contributed by atoms with Gasteiger partial charge in [-0.25, -0.2) is 9.78 Å². The van der Waals surface area contributed by atoms with Crippen molar-refractivity contribution in [2.45, 2.75) is 117 Å². The molecule has 1 fully saturated rings. The molecule has 0 unspecified atom stereocenters. The normalized spacial score (nSPS) is 17.9. The maximum atomic E-state index is 14.2. The molecule has 0 bridgehead atoms. The van der Waals surface area contributed by atoms with Crippen molar-refractivity contribution in [2.24, 2.45) is 11.8 Å². The van der Waals surface area contributed by atoms with E-state index < -0.39 is 36.0 Å². The molecule has 3 rings (SSSR count). The van der Waals surface area contributed by atoms with Crippen LogP contribution in [0.15, 0.2) is 47.4 Å². The molecule has 6 atom stereocenters. The molecule has 2 aromatic rings. The minimum Gasteiger partial charge on any atom is -0.463 e. The largest absolute Gasteiger partial charge is 0.463 e. The molecule has 13 heteroatoms. The minimum atomic E-state index is -0.833. The van der Waals surface area contributed by atoms with Crippen molar-refractivity contribution in [3.63, 3.8) is 0 Å². The highest BCUT2D eigenvalue weighted by atomic mass is 32.1. The van der Waals surface area contributed by atoms with Crippen molar-refractivity contribution >= 4 is 41.0 Å². The molecule has 53 heavy (non-hydrogen) atoms. The summed E-state index contributed by atoms with van der Waals surface area (Å²) >= 11 is 1.19. The number of hydrogen-bond donors (Lipinski definition) is 2. The van der Waals surface area contributed by atoms with E-state index in [2.05, 4.69) is 20.5 Å². The van der Waals surface area contributed by atoms with Crippen molar-refractivity contribution in [3.05, 3.63) is 63.6 Å². The van der Waals surface area contributed by atoms with Crippen molar-refractivity contribution < 1.29 is 33.4 Å². The number of thiazole rings is 1. The van der Waals surface area contributed by atoms with Crippen LogP contribution in [0.4, 0.5) is 0 Å². The Labute approximate surface area is 319 Å². The second kappa shape index (κ2) is 21.0. The van der Waals surface area contributed by atoms with Gasteiger partial charge in [-0.3, -0.25) is 24.1 Å². The van der Waals surface area contributed by atoms with Gasteiger partial charge < -0.3 is 25.0 Å². The molecule has 1 aromatic carbocycles. The number of benzene rings is 1. The molecule has 0 aliphatic carbocycles. The number of likely N-dealkylation sites (tertiary alicyclic amines) is 1. The SMILES string of the molecule is CCOC(=O)/C(C)=C/[C@H](Cc1ccccc1)NC(=O)c1csc([C@@H](C[C@H](C(C)C)N(C)C(=O)[C@H](NC(=O)[C@H]2CCCCN2C)[C@@H](C)CC)OC(C)=O)n1. The quantitative estimate of drug-likeness (QED) is 0.149. The zero-order valence-electron chi connectivity index (χ0n) is 32.8. The molecular formula is C40H59N5O7S. The zero-order valence-corrected chi connectivity index (χ0v) is 33.7. The third kappa shape index (κ3) is 12.8. The second-order valence-corrected chi connectivity index (χ2v) is 15.3. The minimum absolute atomic E-state index is 0.0457. The fraction of sp³-hybridized carbons (Fsp3) is 0.600. The molecule has 1 aromatic heterocycles. The standard InChI is InChI=1S/C40H59N5O7S/c1-10-26(5)35(43-37(48)32-19-15-16-20-44(32)8)39(49)45(9)33(25(3)4)23-34(52-28(7)46)38-42-31(24-53-38)36(47)41-30(21-27(6)40(50)51-11-2)22-29-17-13-12-14-18-29/h12-14,17-18,21,24-26,30,32-35H,10-11,15-16,19-20,22-23H2,1-9H3,(H,41,47)(H,43,48)/b27-21+/t26-,30+,32+,33+,34+,35+/m0/s1. The Morgan fingerprint density at radius 3 is 2.36 bits per heavy atom. The van der Waals surface area contributed by atoms with E-state index in [9.17, 15) is 24.0 Å². The van der Waals surface area contributed by atoms with Gasteiger partial charge in [-0.1, -0.05) is 76.9 Å². The zero-order chi connectivity index (χ0) is 39.2. The highest BCUT2D eigenvalue weighted by Gasteiger charge is 2.37. The van der Waals surface area contributed by atoms with Crippen molar-refractivity contribution in [1.29, 1.82) is 0 Å². The summed E-state index contributed by atoms with van der Waals surface area (Å²) in [5, 5.41) is 8.10. The van der Waals surface area contributed by atoms with E-state index in [4.69, 9.17) is 9.47 Å². The van der Waals surface area contributed by atoms with Crippen LogP contribution in [0.2, 0.25) is 0 Å². The molecule has 0 radical (unpaired) electrons. The monoisotopic (exact) mass is 753 g/mol. The maximum absolute atomic E-state index is 14.2. The third-order valence-corrected chi connectivity index (χ3v) is 10.9.